The number of carbonyl (C=O) groups is 4. The van der Waals surface area contributed by atoms with Crippen molar-refractivity contribution in [2.24, 2.45) is 28.2 Å². The van der Waals surface area contributed by atoms with Crippen molar-refractivity contribution in [3.63, 3.8) is 0 Å². The standard InChI is InChI=1S/C41H67N5O8S/c1-12-24(3)35-39(51)46(10)27(6)40(52)54-33(41(7,8)9)20-23(2)19-32(47)25(4)38-43-29(22-55-38)15-18-34(48)44-31(37(50)42-26(5)36(49)45-35)21-28-13-16-30(53-11)17-14-28/h13-14,16-17,23-27,29,31-33,35,39,47,51H,12,15,18-22H2,1-11H3,(H,42,50)(H,44,48)(H,45,49). The highest BCUT2D eigenvalue weighted by Crippen LogP contribution is 2.33. The van der Waals surface area contributed by atoms with E-state index in [0.29, 0.717) is 37.2 Å². The third-order valence-electron chi connectivity index (χ3n) is 11.1. The molecular formula is C41H67N5O8S. The average molecular weight is 790 g/mol. The predicted octanol–water partition coefficient (Wildman–Crippen LogP) is 4.08. The Kier molecular flexibility index (Phi) is 17.5. The van der Waals surface area contributed by atoms with Gasteiger partial charge in [0.25, 0.3) is 0 Å². The van der Waals surface area contributed by atoms with Crippen molar-refractivity contribution in [1.82, 2.24) is 20.9 Å². The molecule has 0 spiro atoms. The minimum Gasteiger partial charge on any atom is -0.497 e. The lowest BCUT2D eigenvalue weighted by Gasteiger charge is -2.38. The summed E-state index contributed by atoms with van der Waals surface area (Å²) in [6, 6.07) is 3.44. The first-order chi connectivity index (χ1) is 25.7. The maximum atomic E-state index is 13.8. The summed E-state index contributed by atoms with van der Waals surface area (Å²) in [5, 5.41) is 32.4. The molecule has 0 saturated heterocycles. The van der Waals surface area contributed by atoms with Crippen molar-refractivity contribution in [3.8, 4) is 5.75 Å². The molecule has 14 heteroatoms. The van der Waals surface area contributed by atoms with Gasteiger partial charge in [-0.25, -0.2) is 0 Å². The number of carbonyl (C=O) groups excluding carboxylic acids is 4. The van der Waals surface area contributed by atoms with Crippen molar-refractivity contribution >= 4 is 40.5 Å². The number of fused-ring (bicyclic) bond motifs is 1. The summed E-state index contributed by atoms with van der Waals surface area (Å²) in [5.41, 5.74) is 0.392. The van der Waals surface area contributed by atoms with Crippen LogP contribution in [0.4, 0.5) is 0 Å². The van der Waals surface area contributed by atoms with E-state index in [-0.39, 0.29) is 42.5 Å². The number of rotatable bonds is 5. The molecule has 1 aromatic carbocycles. The predicted molar refractivity (Wildman–Crippen MR) is 217 cm³/mol. The van der Waals surface area contributed by atoms with E-state index >= 15 is 0 Å². The molecule has 0 fully saturated rings. The number of ether oxygens (including phenoxy) is 2. The molecule has 2 aliphatic rings. The second-order valence-electron chi connectivity index (χ2n) is 16.8. The van der Waals surface area contributed by atoms with Crippen LogP contribution in [0.3, 0.4) is 0 Å². The normalized spacial score (nSPS) is 32.5. The minimum absolute atomic E-state index is 0.0169. The highest BCUT2D eigenvalue weighted by Gasteiger charge is 2.38. The van der Waals surface area contributed by atoms with E-state index in [1.54, 1.807) is 51.9 Å². The number of esters is 1. The van der Waals surface area contributed by atoms with E-state index < -0.39 is 65.8 Å². The topological polar surface area (TPSA) is 179 Å². The second-order valence-corrected chi connectivity index (χ2v) is 17.8. The zero-order valence-corrected chi connectivity index (χ0v) is 35.6. The number of aliphatic hydroxyl groups excluding tert-OH is 2. The quantitative estimate of drug-likeness (QED) is 0.273. The zero-order valence-electron chi connectivity index (χ0n) is 34.8. The van der Waals surface area contributed by atoms with Crippen LogP contribution in [-0.4, -0.2) is 112 Å². The number of benzene rings is 1. The molecule has 11 unspecified atom stereocenters. The molecule has 55 heavy (non-hydrogen) atoms. The molecule has 2 bridgehead atoms. The van der Waals surface area contributed by atoms with Crippen LogP contribution in [0.5, 0.6) is 5.75 Å². The summed E-state index contributed by atoms with van der Waals surface area (Å²) in [4.78, 5) is 60.8. The van der Waals surface area contributed by atoms with Crippen LogP contribution >= 0.6 is 11.8 Å². The number of nitrogens with one attached hydrogen (secondary N) is 3. The summed E-state index contributed by atoms with van der Waals surface area (Å²) in [6.45, 7) is 17.1. The summed E-state index contributed by atoms with van der Waals surface area (Å²) in [6.07, 6.45) is 0.0374. The number of hydrogen-bond acceptors (Lipinski definition) is 11. The number of amides is 3. The number of likely N-dealkylation sites (N-methyl/N-ethyl adjacent to an activating group) is 1. The highest BCUT2D eigenvalue weighted by atomic mass is 32.2. The molecule has 310 valence electrons. The fourth-order valence-corrected chi connectivity index (χ4v) is 7.99. The fraction of sp³-hybridized carbons (Fsp3) is 0.732. The second kappa shape index (κ2) is 20.8. The van der Waals surface area contributed by atoms with E-state index in [9.17, 15) is 29.4 Å². The van der Waals surface area contributed by atoms with Crippen LogP contribution in [0.25, 0.3) is 0 Å². The Hall–Kier alpha value is -3.20. The van der Waals surface area contributed by atoms with E-state index in [1.807, 2.05) is 60.6 Å². The van der Waals surface area contributed by atoms with Gasteiger partial charge in [-0.2, -0.15) is 0 Å². The molecule has 2 heterocycles. The third kappa shape index (κ3) is 13.5. The van der Waals surface area contributed by atoms with Crippen molar-refractivity contribution < 1.29 is 38.9 Å². The van der Waals surface area contributed by atoms with Gasteiger partial charge < -0.3 is 35.6 Å². The summed E-state index contributed by atoms with van der Waals surface area (Å²) < 4.78 is 11.4. The number of nitrogens with zero attached hydrogens (tertiary/aromatic N) is 2. The van der Waals surface area contributed by atoms with Crippen molar-refractivity contribution in [2.45, 2.75) is 149 Å². The smallest absolute Gasteiger partial charge is 0.323 e. The minimum atomic E-state index is -1.26. The van der Waals surface area contributed by atoms with Crippen LogP contribution in [0.2, 0.25) is 0 Å². The summed E-state index contributed by atoms with van der Waals surface area (Å²) >= 11 is 1.59. The van der Waals surface area contributed by atoms with Crippen molar-refractivity contribution in [3.05, 3.63) is 29.8 Å². The van der Waals surface area contributed by atoms with Gasteiger partial charge in [0.05, 0.1) is 30.3 Å². The molecule has 0 radical (unpaired) electrons. The number of thioether (sulfide) groups is 1. The zero-order chi connectivity index (χ0) is 41.2. The Bertz CT molecular complexity index is 1470. The van der Waals surface area contributed by atoms with Crippen molar-refractivity contribution in [1.29, 1.82) is 0 Å². The largest absolute Gasteiger partial charge is 0.497 e. The maximum Gasteiger partial charge on any atom is 0.323 e. The van der Waals surface area contributed by atoms with E-state index in [0.717, 1.165) is 10.6 Å². The average Bonchev–Trinajstić information content (AvgIpc) is 3.62. The number of aliphatic hydroxyl groups is 2. The van der Waals surface area contributed by atoms with Gasteiger partial charge >= 0.3 is 5.97 Å². The van der Waals surface area contributed by atoms with Crippen LogP contribution in [0.1, 0.15) is 100.0 Å². The Labute approximate surface area is 332 Å². The lowest BCUT2D eigenvalue weighted by Crippen LogP contribution is -2.60. The van der Waals surface area contributed by atoms with E-state index in [1.165, 1.54) is 4.90 Å². The molecule has 1 aromatic rings. The molecule has 0 aromatic heterocycles. The Morgan fingerprint density at radius 1 is 1.00 bits per heavy atom. The SMILES string of the molecule is CCC(C)C1NC(=O)C(C)NC(=O)C(Cc2ccc(OC)cc2)NC(=O)CCC2CSC(=N2)C(C)C(O)CC(C)CC(C(C)(C)C)OC(=O)C(C)N(C)C1O. The molecule has 11 atom stereocenters. The van der Waals surface area contributed by atoms with Gasteiger partial charge in [-0.15, -0.1) is 11.8 Å². The maximum absolute atomic E-state index is 13.8. The molecule has 5 N–H and O–H groups in total. The number of aliphatic imine (C=N–C) groups is 1. The molecule has 0 saturated carbocycles. The summed E-state index contributed by atoms with van der Waals surface area (Å²) in [5.74, 6) is -0.914. The van der Waals surface area contributed by atoms with Crippen LogP contribution in [0, 0.1) is 23.2 Å². The number of hydrogen-bond donors (Lipinski definition) is 5. The van der Waals surface area contributed by atoms with Gasteiger partial charge in [-0.05, 0) is 75.1 Å². The highest BCUT2D eigenvalue weighted by molar-refractivity contribution is 8.14. The van der Waals surface area contributed by atoms with Gasteiger partial charge in [0.15, 0.2) is 0 Å². The van der Waals surface area contributed by atoms with Crippen LogP contribution in [-0.2, 0) is 30.3 Å². The Morgan fingerprint density at radius 2 is 1.65 bits per heavy atom. The van der Waals surface area contributed by atoms with Gasteiger partial charge in [0.1, 0.15) is 36.2 Å². The van der Waals surface area contributed by atoms with Gasteiger partial charge in [0.2, 0.25) is 17.7 Å². The molecule has 13 nitrogen and oxygen atoms in total. The lowest BCUT2D eigenvalue weighted by molar-refractivity contribution is -0.166. The number of cyclic esters (lactones) is 1. The third-order valence-corrected chi connectivity index (χ3v) is 12.5. The lowest BCUT2D eigenvalue weighted by atomic mass is 9.81. The van der Waals surface area contributed by atoms with Gasteiger partial charge in [-0.1, -0.05) is 67.0 Å². The number of methoxy groups -OCH3 is 1. The first-order valence-corrected chi connectivity index (χ1v) is 20.8. The first kappa shape index (κ1) is 46.2. The molecular weight excluding hydrogens is 723 g/mol. The Morgan fingerprint density at radius 3 is 2.25 bits per heavy atom. The fourth-order valence-electron chi connectivity index (χ4n) is 6.75. The molecule has 2 aliphatic heterocycles. The Balaban J connectivity index is 1.94. The monoisotopic (exact) mass is 789 g/mol. The molecule has 3 rings (SSSR count). The van der Waals surface area contributed by atoms with Crippen molar-refractivity contribution in [2.75, 3.05) is 19.9 Å². The van der Waals surface area contributed by atoms with E-state index in [4.69, 9.17) is 14.5 Å². The summed E-state index contributed by atoms with van der Waals surface area (Å²) in [7, 11) is 3.18. The first-order valence-electron chi connectivity index (χ1n) is 19.8. The van der Waals surface area contributed by atoms with Gasteiger partial charge in [-0.3, -0.25) is 29.1 Å². The van der Waals surface area contributed by atoms with Crippen LogP contribution in [0.15, 0.2) is 29.3 Å². The van der Waals surface area contributed by atoms with E-state index in [2.05, 4.69) is 16.0 Å². The molecule has 3 amide bonds. The molecule has 0 aliphatic carbocycles. The van der Waals surface area contributed by atoms with Crippen LogP contribution < -0.4 is 20.7 Å². The van der Waals surface area contributed by atoms with Gasteiger partial charge in [0, 0.05) is 24.5 Å².